The summed E-state index contributed by atoms with van der Waals surface area (Å²) in [5.74, 6) is -0.447. The zero-order chi connectivity index (χ0) is 16.9. The minimum absolute atomic E-state index is 0.169. The number of carbonyl (C=O) groups is 2. The Morgan fingerprint density at radius 2 is 1.95 bits per heavy atom. The second-order valence-electron chi connectivity index (χ2n) is 6.00. The summed E-state index contributed by atoms with van der Waals surface area (Å²) in [7, 11) is 2.97. The third-order valence-electron chi connectivity index (χ3n) is 3.00. The van der Waals surface area contributed by atoms with E-state index in [0.717, 1.165) is 10.5 Å². The van der Waals surface area contributed by atoms with Gasteiger partial charge in [0.25, 0.3) is 0 Å². The van der Waals surface area contributed by atoms with Crippen LogP contribution in [0.15, 0.2) is 24.3 Å². The van der Waals surface area contributed by atoms with E-state index >= 15 is 0 Å². The van der Waals surface area contributed by atoms with Crippen LogP contribution in [-0.2, 0) is 16.0 Å². The Hall–Kier alpha value is -2.24. The van der Waals surface area contributed by atoms with Gasteiger partial charge in [-0.05, 0) is 38.5 Å². The Labute approximate surface area is 130 Å². The van der Waals surface area contributed by atoms with Crippen molar-refractivity contribution in [2.75, 3.05) is 14.2 Å². The first-order valence-electron chi connectivity index (χ1n) is 6.95. The van der Waals surface area contributed by atoms with E-state index in [9.17, 15) is 14.7 Å². The topological polar surface area (TPSA) is 76.1 Å². The summed E-state index contributed by atoms with van der Waals surface area (Å²) >= 11 is 0. The van der Waals surface area contributed by atoms with Gasteiger partial charge in [0.2, 0.25) is 0 Å². The van der Waals surface area contributed by atoms with Crippen molar-refractivity contribution >= 4 is 12.1 Å². The number of nitrogens with zero attached hydrogens (tertiary/aromatic N) is 1. The highest BCUT2D eigenvalue weighted by molar-refractivity contribution is 5.80. The van der Waals surface area contributed by atoms with E-state index in [4.69, 9.17) is 9.47 Å². The second kappa shape index (κ2) is 7.15. The Kier molecular flexibility index (Phi) is 5.79. The van der Waals surface area contributed by atoms with Crippen LogP contribution < -0.4 is 4.74 Å². The molecule has 0 aliphatic rings. The Morgan fingerprint density at radius 1 is 1.32 bits per heavy atom. The summed E-state index contributed by atoms with van der Waals surface area (Å²) in [6.45, 7) is 5.20. The normalized spacial score (nSPS) is 12.4. The SMILES string of the molecule is COc1cccc(CC(C(=O)O)N(C)C(=O)OC(C)(C)C)c1. The lowest BCUT2D eigenvalue weighted by Crippen LogP contribution is -2.46. The fourth-order valence-electron chi connectivity index (χ4n) is 1.87. The summed E-state index contributed by atoms with van der Waals surface area (Å²) in [6, 6.07) is 6.08. The van der Waals surface area contributed by atoms with E-state index in [1.165, 1.54) is 7.05 Å². The number of hydrogen-bond donors (Lipinski definition) is 1. The highest BCUT2D eigenvalue weighted by Gasteiger charge is 2.30. The van der Waals surface area contributed by atoms with Crippen molar-refractivity contribution in [3.05, 3.63) is 29.8 Å². The molecule has 22 heavy (non-hydrogen) atoms. The molecule has 6 nitrogen and oxygen atoms in total. The molecule has 0 bridgehead atoms. The van der Waals surface area contributed by atoms with E-state index in [-0.39, 0.29) is 6.42 Å². The number of carboxylic acid groups (broad SMARTS) is 1. The molecule has 1 aromatic rings. The number of methoxy groups -OCH3 is 1. The quantitative estimate of drug-likeness (QED) is 0.904. The van der Waals surface area contributed by atoms with Crippen LogP contribution in [0.2, 0.25) is 0 Å². The number of likely N-dealkylation sites (N-methyl/N-ethyl adjacent to an activating group) is 1. The first-order valence-corrected chi connectivity index (χ1v) is 6.95. The number of amides is 1. The van der Waals surface area contributed by atoms with Crippen LogP contribution in [0.5, 0.6) is 5.75 Å². The van der Waals surface area contributed by atoms with Gasteiger partial charge in [-0.25, -0.2) is 9.59 Å². The van der Waals surface area contributed by atoms with Crippen LogP contribution in [-0.4, -0.2) is 47.9 Å². The van der Waals surface area contributed by atoms with Gasteiger partial charge in [-0.2, -0.15) is 0 Å². The lowest BCUT2D eigenvalue weighted by Gasteiger charge is -2.28. The van der Waals surface area contributed by atoms with Crippen molar-refractivity contribution in [1.82, 2.24) is 4.90 Å². The molecule has 0 saturated carbocycles. The third kappa shape index (κ3) is 5.27. The molecule has 122 valence electrons. The molecular formula is C16H23NO5. The lowest BCUT2D eigenvalue weighted by atomic mass is 10.0. The predicted octanol–water partition coefficient (Wildman–Crippen LogP) is 2.56. The van der Waals surface area contributed by atoms with Gasteiger partial charge in [-0.1, -0.05) is 12.1 Å². The van der Waals surface area contributed by atoms with Gasteiger partial charge in [-0.15, -0.1) is 0 Å². The predicted molar refractivity (Wildman–Crippen MR) is 82.1 cm³/mol. The minimum atomic E-state index is -1.09. The van der Waals surface area contributed by atoms with E-state index < -0.39 is 23.7 Å². The number of benzene rings is 1. The Morgan fingerprint density at radius 3 is 2.45 bits per heavy atom. The zero-order valence-electron chi connectivity index (χ0n) is 13.6. The first-order chi connectivity index (χ1) is 10.1. The smallest absolute Gasteiger partial charge is 0.410 e. The minimum Gasteiger partial charge on any atom is -0.497 e. The third-order valence-corrected chi connectivity index (χ3v) is 3.00. The van der Waals surface area contributed by atoms with Crippen LogP contribution in [0.1, 0.15) is 26.3 Å². The molecule has 0 heterocycles. The number of rotatable bonds is 5. The number of aliphatic carboxylic acids is 1. The van der Waals surface area contributed by atoms with Gasteiger partial charge in [0, 0.05) is 13.5 Å². The fraction of sp³-hybridized carbons (Fsp3) is 0.500. The van der Waals surface area contributed by atoms with Crippen LogP contribution in [0.4, 0.5) is 4.79 Å². The van der Waals surface area contributed by atoms with Crippen molar-refractivity contribution in [1.29, 1.82) is 0 Å². The van der Waals surface area contributed by atoms with Gasteiger partial charge in [0.15, 0.2) is 0 Å². The summed E-state index contributed by atoms with van der Waals surface area (Å²) in [5.41, 5.74) is 0.0897. The molecule has 0 aliphatic heterocycles. The van der Waals surface area contributed by atoms with Gasteiger partial charge < -0.3 is 14.6 Å². The molecule has 1 atom stereocenters. The maximum Gasteiger partial charge on any atom is 0.410 e. The molecule has 0 radical (unpaired) electrons. The molecule has 1 N–H and O–H groups in total. The summed E-state index contributed by atoms with van der Waals surface area (Å²) in [6.07, 6.45) is -0.495. The molecule has 1 rings (SSSR count). The van der Waals surface area contributed by atoms with Crippen molar-refractivity contribution in [2.45, 2.75) is 38.8 Å². The van der Waals surface area contributed by atoms with Crippen LogP contribution in [0, 0.1) is 0 Å². The second-order valence-corrected chi connectivity index (χ2v) is 6.00. The zero-order valence-corrected chi connectivity index (χ0v) is 13.6. The number of carbonyl (C=O) groups excluding carboxylic acids is 1. The molecule has 0 spiro atoms. The van der Waals surface area contributed by atoms with E-state index in [2.05, 4.69) is 0 Å². The van der Waals surface area contributed by atoms with E-state index in [1.54, 1.807) is 52.1 Å². The molecule has 0 fully saturated rings. The van der Waals surface area contributed by atoms with Crippen molar-refractivity contribution in [3.63, 3.8) is 0 Å². The number of hydrogen-bond acceptors (Lipinski definition) is 4. The standard InChI is InChI=1S/C16H23NO5/c1-16(2,3)22-15(20)17(4)13(14(18)19)10-11-7-6-8-12(9-11)21-5/h6-9,13H,10H2,1-5H3,(H,18,19). The molecule has 1 amide bonds. The van der Waals surface area contributed by atoms with Gasteiger partial charge in [0.1, 0.15) is 17.4 Å². The van der Waals surface area contributed by atoms with Crippen molar-refractivity contribution < 1.29 is 24.2 Å². The van der Waals surface area contributed by atoms with Gasteiger partial charge >= 0.3 is 12.1 Å². The van der Waals surface area contributed by atoms with Crippen molar-refractivity contribution in [3.8, 4) is 5.75 Å². The fourth-order valence-corrected chi connectivity index (χ4v) is 1.87. The van der Waals surface area contributed by atoms with Crippen molar-refractivity contribution in [2.24, 2.45) is 0 Å². The van der Waals surface area contributed by atoms with E-state index in [1.807, 2.05) is 0 Å². The monoisotopic (exact) mass is 309 g/mol. The molecule has 6 heteroatoms. The Bertz CT molecular complexity index is 536. The molecule has 0 aromatic heterocycles. The van der Waals surface area contributed by atoms with Gasteiger partial charge in [-0.3, -0.25) is 4.90 Å². The summed E-state index contributed by atoms with van der Waals surface area (Å²) < 4.78 is 10.3. The van der Waals surface area contributed by atoms with Crippen LogP contribution >= 0.6 is 0 Å². The number of carboxylic acids is 1. The largest absolute Gasteiger partial charge is 0.497 e. The number of ether oxygens (including phenoxy) is 2. The van der Waals surface area contributed by atoms with Gasteiger partial charge in [0.05, 0.1) is 7.11 Å². The average Bonchev–Trinajstić information content (AvgIpc) is 2.42. The molecule has 0 aliphatic carbocycles. The highest BCUT2D eigenvalue weighted by Crippen LogP contribution is 2.17. The Balaban J connectivity index is 2.89. The first kappa shape index (κ1) is 17.8. The maximum atomic E-state index is 12.0. The molecule has 0 saturated heterocycles. The summed E-state index contributed by atoms with van der Waals surface area (Å²) in [4.78, 5) is 24.6. The van der Waals surface area contributed by atoms with Crippen LogP contribution in [0.3, 0.4) is 0 Å². The van der Waals surface area contributed by atoms with E-state index in [0.29, 0.717) is 5.75 Å². The molecule has 1 unspecified atom stereocenters. The molecule has 1 aromatic carbocycles. The van der Waals surface area contributed by atoms with Crippen LogP contribution in [0.25, 0.3) is 0 Å². The average molecular weight is 309 g/mol. The highest BCUT2D eigenvalue weighted by atomic mass is 16.6. The lowest BCUT2D eigenvalue weighted by molar-refractivity contribution is -0.142. The molecular weight excluding hydrogens is 286 g/mol. The maximum absolute atomic E-state index is 12.0. The summed E-state index contributed by atoms with van der Waals surface area (Å²) in [5, 5.41) is 9.40.